The number of carbonyl (C=O) groups is 1. The van der Waals surface area contributed by atoms with E-state index in [-0.39, 0.29) is 24.1 Å². The van der Waals surface area contributed by atoms with Crippen LogP contribution >= 0.6 is 0 Å². The second-order valence-electron chi connectivity index (χ2n) is 5.71. The lowest BCUT2D eigenvalue weighted by molar-refractivity contribution is -0.136. The standard InChI is InChI=1S/C12H25N3O2/c1-12(2,3)10(14)11(16)15-6-4-5-9(15)7-17-8-13/h9-10H,4-8,13-14H2,1-3H3/t9-,10+/m0/s1. The average molecular weight is 243 g/mol. The first-order valence-corrected chi connectivity index (χ1v) is 6.21. The van der Waals surface area contributed by atoms with Crippen molar-refractivity contribution in [2.24, 2.45) is 16.9 Å². The fraction of sp³-hybridized carbons (Fsp3) is 0.917. The molecule has 1 fully saturated rings. The molecule has 1 aliphatic heterocycles. The SMILES string of the molecule is CC(C)(C)[C@H](N)C(=O)N1CCC[C@H]1COCN. The number of nitrogens with zero attached hydrogens (tertiary/aromatic N) is 1. The van der Waals surface area contributed by atoms with E-state index in [2.05, 4.69) is 0 Å². The molecule has 5 nitrogen and oxygen atoms in total. The third-order valence-corrected chi connectivity index (χ3v) is 3.29. The molecule has 17 heavy (non-hydrogen) atoms. The fourth-order valence-corrected chi connectivity index (χ4v) is 2.05. The Labute approximate surface area is 103 Å². The van der Waals surface area contributed by atoms with Gasteiger partial charge in [0.1, 0.15) is 0 Å². The van der Waals surface area contributed by atoms with Crippen LogP contribution in [-0.4, -0.2) is 42.8 Å². The predicted molar refractivity (Wildman–Crippen MR) is 67.2 cm³/mol. The third-order valence-electron chi connectivity index (χ3n) is 3.29. The largest absolute Gasteiger partial charge is 0.364 e. The van der Waals surface area contributed by atoms with E-state index in [0.29, 0.717) is 6.61 Å². The first-order valence-electron chi connectivity index (χ1n) is 6.21. The van der Waals surface area contributed by atoms with Crippen molar-refractivity contribution in [3.63, 3.8) is 0 Å². The Bertz CT molecular complexity index is 263. The smallest absolute Gasteiger partial charge is 0.240 e. The van der Waals surface area contributed by atoms with Gasteiger partial charge in [0.25, 0.3) is 0 Å². The second kappa shape index (κ2) is 5.80. The zero-order valence-corrected chi connectivity index (χ0v) is 11.1. The quantitative estimate of drug-likeness (QED) is 0.695. The van der Waals surface area contributed by atoms with Gasteiger partial charge in [0, 0.05) is 6.54 Å². The number of carbonyl (C=O) groups excluding carboxylic acids is 1. The summed E-state index contributed by atoms with van der Waals surface area (Å²) in [7, 11) is 0. The molecule has 0 bridgehead atoms. The van der Waals surface area contributed by atoms with Gasteiger partial charge in [0.2, 0.25) is 5.91 Å². The summed E-state index contributed by atoms with van der Waals surface area (Å²) in [4.78, 5) is 14.1. The van der Waals surface area contributed by atoms with E-state index in [1.54, 1.807) is 0 Å². The van der Waals surface area contributed by atoms with Crippen molar-refractivity contribution in [2.45, 2.75) is 45.7 Å². The Balaban J connectivity index is 2.61. The molecule has 1 rings (SSSR count). The maximum atomic E-state index is 12.3. The summed E-state index contributed by atoms with van der Waals surface area (Å²) in [6, 6.07) is -0.319. The summed E-state index contributed by atoms with van der Waals surface area (Å²) >= 11 is 0. The number of nitrogens with two attached hydrogens (primary N) is 2. The number of rotatable bonds is 4. The monoisotopic (exact) mass is 243 g/mol. The van der Waals surface area contributed by atoms with E-state index < -0.39 is 6.04 Å². The zero-order valence-electron chi connectivity index (χ0n) is 11.1. The summed E-state index contributed by atoms with van der Waals surface area (Å²) in [6.07, 6.45) is 1.99. The summed E-state index contributed by atoms with van der Waals surface area (Å²) in [6.45, 7) is 7.44. The summed E-state index contributed by atoms with van der Waals surface area (Å²) in [5.74, 6) is 0.0284. The van der Waals surface area contributed by atoms with Crippen molar-refractivity contribution >= 4 is 5.91 Å². The highest BCUT2D eigenvalue weighted by atomic mass is 16.5. The molecule has 0 saturated carbocycles. The van der Waals surface area contributed by atoms with Crippen molar-refractivity contribution in [3.05, 3.63) is 0 Å². The molecule has 0 aromatic carbocycles. The highest BCUT2D eigenvalue weighted by Crippen LogP contribution is 2.24. The summed E-state index contributed by atoms with van der Waals surface area (Å²) in [5.41, 5.74) is 11.1. The lowest BCUT2D eigenvalue weighted by atomic mass is 9.86. The Hall–Kier alpha value is -0.650. The lowest BCUT2D eigenvalue weighted by Crippen LogP contribution is -2.52. The number of hydrogen-bond acceptors (Lipinski definition) is 4. The third kappa shape index (κ3) is 3.66. The van der Waals surface area contributed by atoms with Crippen LogP contribution in [0.1, 0.15) is 33.6 Å². The van der Waals surface area contributed by atoms with Crippen LogP contribution in [0.25, 0.3) is 0 Å². The molecule has 0 aromatic rings. The van der Waals surface area contributed by atoms with Crippen LogP contribution in [0.4, 0.5) is 0 Å². The van der Waals surface area contributed by atoms with Crippen molar-refractivity contribution < 1.29 is 9.53 Å². The average Bonchev–Trinajstić information content (AvgIpc) is 2.71. The fourth-order valence-electron chi connectivity index (χ4n) is 2.05. The van der Waals surface area contributed by atoms with Crippen molar-refractivity contribution in [3.8, 4) is 0 Å². The molecular formula is C12H25N3O2. The van der Waals surface area contributed by atoms with Gasteiger partial charge >= 0.3 is 0 Å². The molecule has 1 heterocycles. The van der Waals surface area contributed by atoms with E-state index in [1.807, 2.05) is 25.7 Å². The molecule has 1 saturated heterocycles. The number of hydrogen-bond donors (Lipinski definition) is 2. The molecule has 4 N–H and O–H groups in total. The Morgan fingerprint density at radius 3 is 2.71 bits per heavy atom. The molecule has 100 valence electrons. The van der Waals surface area contributed by atoms with Gasteiger partial charge in [0.05, 0.1) is 25.4 Å². The summed E-state index contributed by atoms with van der Waals surface area (Å²) in [5, 5.41) is 0. The van der Waals surface area contributed by atoms with Gasteiger partial charge in [-0.05, 0) is 18.3 Å². The molecular weight excluding hydrogens is 218 g/mol. The maximum absolute atomic E-state index is 12.3. The molecule has 0 unspecified atom stereocenters. The second-order valence-corrected chi connectivity index (χ2v) is 5.71. The number of ether oxygens (including phenoxy) is 1. The highest BCUT2D eigenvalue weighted by Gasteiger charge is 2.36. The Morgan fingerprint density at radius 1 is 1.53 bits per heavy atom. The van der Waals surface area contributed by atoms with Crippen LogP contribution < -0.4 is 11.5 Å². The Kier molecular flexibility index (Phi) is 4.91. The predicted octanol–water partition coefficient (Wildman–Crippen LogP) is 0.284. The van der Waals surface area contributed by atoms with Gasteiger partial charge in [-0.3, -0.25) is 4.79 Å². The van der Waals surface area contributed by atoms with E-state index in [1.165, 1.54) is 0 Å². The topological polar surface area (TPSA) is 81.6 Å². The van der Waals surface area contributed by atoms with E-state index in [0.717, 1.165) is 19.4 Å². The van der Waals surface area contributed by atoms with Crippen LogP contribution in [0, 0.1) is 5.41 Å². The summed E-state index contributed by atoms with van der Waals surface area (Å²) < 4.78 is 5.21. The number of likely N-dealkylation sites (tertiary alicyclic amines) is 1. The van der Waals surface area contributed by atoms with Crippen molar-refractivity contribution in [2.75, 3.05) is 19.9 Å². The molecule has 1 amide bonds. The Morgan fingerprint density at radius 2 is 2.18 bits per heavy atom. The van der Waals surface area contributed by atoms with Crippen LogP contribution in [0.3, 0.4) is 0 Å². The molecule has 0 radical (unpaired) electrons. The minimum Gasteiger partial charge on any atom is -0.364 e. The molecule has 0 spiro atoms. The van der Waals surface area contributed by atoms with Gasteiger partial charge in [-0.15, -0.1) is 0 Å². The highest BCUT2D eigenvalue weighted by molar-refractivity contribution is 5.83. The molecule has 2 atom stereocenters. The minimum atomic E-state index is -0.457. The molecule has 0 aromatic heterocycles. The van der Waals surface area contributed by atoms with E-state index >= 15 is 0 Å². The molecule has 1 aliphatic rings. The van der Waals surface area contributed by atoms with E-state index in [9.17, 15) is 4.79 Å². The molecule has 0 aliphatic carbocycles. The van der Waals surface area contributed by atoms with Gasteiger partial charge in [-0.25, -0.2) is 0 Å². The van der Waals surface area contributed by atoms with Crippen LogP contribution in [-0.2, 0) is 9.53 Å². The van der Waals surface area contributed by atoms with Gasteiger partial charge in [-0.1, -0.05) is 20.8 Å². The van der Waals surface area contributed by atoms with Crippen molar-refractivity contribution in [1.82, 2.24) is 4.90 Å². The van der Waals surface area contributed by atoms with Crippen LogP contribution in [0.2, 0.25) is 0 Å². The first-order chi connectivity index (χ1) is 7.88. The van der Waals surface area contributed by atoms with Gasteiger partial charge in [0.15, 0.2) is 0 Å². The van der Waals surface area contributed by atoms with Crippen LogP contribution in [0.15, 0.2) is 0 Å². The minimum absolute atomic E-state index is 0.0284. The van der Waals surface area contributed by atoms with E-state index in [4.69, 9.17) is 16.2 Å². The molecule has 5 heteroatoms. The lowest BCUT2D eigenvalue weighted by Gasteiger charge is -2.32. The van der Waals surface area contributed by atoms with Gasteiger partial charge in [-0.2, -0.15) is 0 Å². The van der Waals surface area contributed by atoms with Gasteiger partial charge < -0.3 is 21.1 Å². The first kappa shape index (κ1) is 14.4. The normalized spacial score (nSPS) is 22.9. The van der Waals surface area contributed by atoms with Crippen LogP contribution in [0.5, 0.6) is 0 Å². The maximum Gasteiger partial charge on any atom is 0.240 e. The number of amides is 1. The zero-order chi connectivity index (χ0) is 13.1. The van der Waals surface area contributed by atoms with Crippen molar-refractivity contribution in [1.29, 1.82) is 0 Å².